The molecule has 0 aliphatic heterocycles. The van der Waals surface area contributed by atoms with Gasteiger partial charge in [0.25, 0.3) is 0 Å². The number of carbonyl (C=O) groups excluding carboxylic acids is 1. The molecule has 2 aromatic carbocycles. The van der Waals surface area contributed by atoms with Crippen LogP contribution in [0.25, 0.3) is 0 Å². The van der Waals surface area contributed by atoms with Gasteiger partial charge in [-0.2, -0.15) is 0 Å². The highest BCUT2D eigenvalue weighted by Crippen LogP contribution is 2.25. The van der Waals surface area contributed by atoms with E-state index >= 15 is 0 Å². The Hall–Kier alpha value is -2.82. The number of carboxylic acids is 1. The van der Waals surface area contributed by atoms with Crippen molar-refractivity contribution >= 4 is 17.6 Å². The summed E-state index contributed by atoms with van der Waals surface area (Å²) in [4.78, 5) is 24.9. The van der Waals surface area contributed by atoms with Gasteiger partial charge in [-0.1, -0.05) is 30.3 Å². The smallest absolute Gasteiger partial charge is 0.318 e. The van der Waals surface area contributed by atoms with Crippen molar-refractivity contribution in [1.82, 2.24) is 0 Å². The minimum absolute atomic E-state index is 0.459. The van der Waals surface area contributed by atoms with Gasteiger partial charge in [-0.3, -0.25) is 9.59 Å². The van der Waals surface area contributed by atoms with E-state index in [1.807, 2.05) is 30.3 Å². The summed E-state index contributed by atoms with van der Waals surface area (Å²) >= 11 is 0. The first kappa shape index (κ1) is 17.5. The molecule has 1 N–H and O–H groups in total. The predicted octanol–water partition coefficient (Wildman–Crippen LogP) is 3.34. The van der Waals surface area contributed by atoms with Gasteiger partial charge in [-0.15, -0.1) is 0 Å². The molecule has 0 atom stereocenters. The molecule has 0 spiro atoms. The molecular weight excluding hydrogens is 306 g/mol. The van der Waals surface area contributed by atoms with Gasteiger partial charge in [0.2, 0.25) is 5.91 Å². The van der Waals surface area contributed by atoms with Crippen molar-refractivity contribution in [3.05, 3.63) is 60.2 Å². The van der Waals surface area contributed by atoms with Crippen LogP contribution >= 0.6 is 0 Å². The fourth-order valence-corrected chi connectivity index (χ4v) is 2.13. The Morgan fingerprint density at radius 1 is 1.04 bits per heavy atom. The highest BCUT2D eigenvalue weighted by molar-refractivity contribution is 6.08. The van der Waals surface area contributed by atoms with Crippen LogP contribution in [0.2, 0.25) is 0 Å². The second-order valence-corrected chi connectivity index (χ2v) is 6.06. The first-order chi connectivity index (χ1) is 11.3. The van der Waals surface area contributed by atoms with Crippen LogP contribution in [0.1, 0.15) is 19.4 Å². The van der Waals surface area contributed by atoms with Crippen molar-refractivity contribution in [2.75, 3.05) is 11.9 Å². The van der Waals surface area contributed by atoms with E-state index < -0.39 is 17.3 Å². The summed E-state index contributed by atoms with van der Waals surface area (Å²) in [6.45, 7) is 3.25. The standard InChI is InChI=1S/C19H21NO4/c1-19(2,18(22)23)17(21)20(3)15-9-11-16(12-10-15)24-13-14-7-5-4-6-8-14/h4-12H,13H2,1-3H3,(H,22,23). The number of anilines is 1. The lowest BCUT2D eigenvalue weighted by atomic mass is 9.92. The molecule has 5 heteroatoms. The Kier molecular flexibility index (Phi) is 5.24. The van der Waals surface area contributed by atoms with Crippen LogP contribution in [0.15, 0.2) is 54.6 Å². The third kappa shape index (κ3) is 3.93. The van der Waals surface area contributed by atoms with E-state index in [0.29, 0.717) is 18.0 Å². The first-order valence-electron chi connectivity index (χ1n) is 7.60. The highest BCUT2D eigenvalue weighted by atomic mass is 16.5. The van der Waals surface area contributed by atoms with Gasteiger partial charge in [-0.25, -0.2) is 0 Å². The highest BCUT2D eigenvalue weighted by Gasteiger charge is 2.38. The van der Waals surface area contributed by atoms with E-state index in [1.54, 1.807) is 31.3 Å². The molecule has 0 unspecified atom stereocenters. The summed E-state index contributed by atoms with van der Waals surface area (Å²) in [5, 5.41) is 9.16. The number of carbonyl (C=O) groups is 2. The molecule has 0 aliphatic rings. The van der Waals surface area contributed by atoms with Crippen LogP contribution in [0.5, 0.6) is 5.75 Å². The Balaban J connectivity index is 2.03. The number of carboxylic acid groups (broad SMARTS) is 1. The first-order valence-corrected chi connectivity index (χ1v) is 7.60. The van der Waals surface area contributed by atoms with Crippen LogP contribution in [0, 0.1) is 5.41 Å². The van der Waals surface area contributed by atoms with Crippen molar-refractivity contribution in [2.45, 2.75) is 20.5 Å². The SMILES string of the molecule is CN(C(=O)C(C)(C)C(=O)O)c1ccc(OCc2ccccc2)cc1. The topological polar surface area (TPSA) is 66.8 Å². The van der Waals surface area contributed by atoms with Crippen LogP contribution in [-0.2, 0) is 16.2 Å². The van der Waals surface area contributed by atoms with E-state index in [2.05, 4.69) is 0 Å². The molecule has 0 aromatic heterocycles. The predicted molar refractivity (Wildman–Crippen MR) is 92.0 cm³/mol. The number of hydrogen-bond acceptors (Lipinski definition) is 3. The van der Waals surface area contributed by atoms with Gasteiger partial charge in [0, 0.05) is 12.7 Å². The van der Waals surface area contributed by atoms with Crippen molar-refractivity contribution in [3.63, 3.8) is 0 Å². The average molecular weight is 327 g/mol. The van der Waals surface area contributed by atoms with Crippen molar-refractivity contribution < 1.29 is 19.4 Å². The average Bonchev–Trinajstić information content (AvgIpc) is 2.60. The molecule has 5 nitrogen and oxygen atoms in total. The molecule has 2 aromatic rings. The molecule has 0 fully saturated rings. The Morgan fingerprint density at radius 3 is 2.17 bits per heavy atom. The number of ether oxygens (including phenoxy) is 1. The summed E-state index contributed by atoms with van der Waals surface area (Å²) in [7, 11) is 1.56. The zero-order valence-corrected chi connectivity index (χ0v) is 14.0. The molecule has 0 radical (unpaired) electrons. The zero-order chi connectivity index (χ0) is 17.7. The maximum Gasteiger partial charge on any atom is 0.318 e. The third-order valence-corrected chi connectivity index (χ3v) is 3.85. The number of benzene rings is 2. The Bertz CT molecular complexity index is 708. The third-order valence-electron chi connectivity index (χ3n) is 3.85. The number of rotatable bonds is 6. The summed E-state index contributed by atoms with van der Waals surface area (Å²) in [6.07, 6.45) is 0. The minimum Gasteiger partial charge on any atom is -0.489 e. The van der Waals surface area contributed by atoms with Crippen molar-refractivity contribution in [2.24, 2.45) is 5.41 Å². The number of aliphatic carboxylic acids is 1. The summed E-state index contributed by atoms with van der Waals surface area (Å²) < 4.78 is 5.70. The quantitative estimate of drug-likeness (QED) is 0.826. The lowest BCUT2D eigenvalue weighted by molar-refractivity contribution is -0.152. The van der Waals surface area contributed by atoms with Gasteiger partial charge in [-0.05, 0) is 43.7 Å². The fraction of sp³-hybridized carbons (Fsp3) is 0.263. The molecule has 0 aliphatic carbocycles. The lowest BCUT2D eigenvalue weighted by Crippen LogP contribution is -2.43. The summed E-state index contributed by atoms with van der Waals surface area (Å²) in [5.74, 6) is -0.948. The van der Waals surface area contributed by atoms with Crippen LogP contribution < -0.4 is 9.64 Å². The van der Waals surface area contributed by atoms with Gasteiger partial charge in [0.05, 0.1) is 0 Å². The molecule has 1 amide bonds. The lowest BCUT2D eigenvalue weighted by Gasteiger charge is -2.26. The molecule has 126 valence electrons. The minimum atomic E-state index is -1.47. The fourth-order valence-electron chi connectivity index (χ4n) is 2.13. The van der Waals surface area contributed by atoms with E-state index in [9.17, 15) is 9.59 Å². The molecule has 24 heavy (non-hydrogen) atoms. The van der Waals surface area contributed by atoms with Gasteiger partial charge in [0.1, 0.15) is 17.8 Å². The van der Waals surface area contributed by atoms with Gasteiger partial charge in [0.15, 0.2) is 0 Å². The molecular formula is C19H21NO4. The largest absolute Gasteiger partial charge is 0.489 e. The molecule has 0 bridgehead atoms. The normalized spacial score (nSPS) is 11.0. The number of hydrogen-bond donors (Lipinski definition) is 1. The monoisotopic (exact) mass is 327 g/mol. The maximum absolute atomic E-state index is 12.3. The van der Waals surface area contributed by atoms with E-state index in [-0.39, 0.29) is 0 Å². The summed E-state index contributed by atoms with van der Waals surface area (Å²) in [6, 6.07) is 16.8. The maximum atomic E-state index is 12.3. The molecule has 0 saturated carbocycles. The summed E-state index contributed by atoms with van der Waals surface area (Å²) in [5.41, 5.74) is 0.204. The number of amides is 1. The molecule has 0 heterocycles. The van der Waals surface area contributed by atoms with E-state index in [0.717, 1.165) is 5.56 Å². The zero-order valence-electron chi connectivity index (χ0n) is 14.0. The van der Waals surface area contributed by atoms with Gasteiger partial charge >= 0.3 is 5.97 Å². The Morgan fingerprint density at radius 2 is 1.62 bits per heavy atom. The van der Waals surface area contributed by atoms with Crippen LogP contribution in [-0.4, -0.2) is 24.0 Å². The number of nitrogens with zero attached hydrogens (tertiary/aromatic N) is 1. The molecule has 2 rings (SSSR count). The van der Waals surface area contributed by atoms with E-state index in [1.165, 1.54) is 18.7 Å². The molecule has 0 saturated heterocycles. The second-order valence-electron chi connectivity index (χ2n) is 6.06. The van der Waals surface area contributed by atoms with E-state index in [4.69, 9.17) is 9.84 Å². The van der Waals surface area contributed by atoms with Crippen molar-refractivity contribution in [3.8, 4) is 5.75 Å². The van der Waals surface area contributed by atoms with Crippen LogP contribution in [0.3, 0.4) is 0 Å². The van der Waals surface area contributed by atoms with Crippen molar-refractivity contribution in [1.29, 1.82) is 0 Å². The van der Waals surface area contributed by atoms with Gasteiger partial charge < -0.3 is 14.7 Å². The second kappa shape index (κ2) is 7.17. The Labute approximate surface area is 141 Å². The van der Waals surface area contributed by atoms with Crippen LogP contribution in [0.4, 0.5) is 5.69 Å².